The van der Waals surface area contributed by atoms with Gasteiger partial charge in [0.1, 0.15) is 17.1 Å². The molecule has 0 saturated carbocycles. The lowest BCUT2D eigenvalue weighted by Gasteiger charge is -2.11. The fourth-order valence-corrected chi connectivity index (χ4v) is 2.16. The van der Waals surface area contributed by atoms with Crippen LogP contribution < -0.4 is 14.8 Å². The number of hydrogen-bond donors (Lipinski definition) is 1. The standard InChI is InChI=1S/C17H16ClNO5/c1-22-14-6-4-3-5-12(14)17(21)24-10-16(20)19-13-9-11(18)7-8-15(13)23-2/h3-9H,10H2,1-2H3,(H,19,20). The molecule has 0 aliphatic heterocycles. The predicted molar refractivity (Wildman–Crippen MR) is 89.9 cm³/mol. The molecule has 0 bridgehead atoms. The Bertz CT molecular complexity index is 748. The zero-order valence-electron chi connectivity index (χ0n) is 13.2. The first-order chi connectivity index (χ1) is 11.5. The second kappa shape index (κ2) is 8.21. The Balaban J connectivity index is 1.98. The lowest BCUT2D eigenvalue weighted by Crippen LogP contribution is -2.21. The van der Waals surface area contributed by atoms with E-state index in [1.807, 2.05) is 0 Å². The maximum absolute atomic E-state index is 12.0. The molecule has 2 aromatic rings. The summed E-state index contributed by atoms with van der Waals surface area (Å²) < 4.78 is 15.2. The van der Waals surface area contributed by atoms with E-state index in [1.165, 1.54) is 14.2 Å². The van der Waals surface area contributed by atoms with Gasteiger partial charge in [-0.25, -0.2) is 4.79 Å². The van der Waals surface area contributed by atoms with Crippen LogP contribution in [0.3, 0.4) is 0 Å². The van der Waals surface area contributed by atoms with Crippen LogP contribution in [0.4, 0.5) is 5.69 Å². The first-order valence-corrected chi connectivity index (χ1v) is 7.36. The van der Waals surface area contributed by atoms with Crippen LogP contribution in [0, 0.1) is 0 Å². The van der Waals surface area contributed by atoms with Gasteiger partial charge in [-0.1, -0.05) is 23.7 Å². The number of halogens is 1. The van der Waals surface area contributed by atoms with Crippen molar-refractivity contribution in [2.24, 2.45) is 0 Å². The molecule has 6 nitrogen and oxygen atoms in total. The molecule has 7 heteroatoms. The Kier molecular flexibility index (Phi) is 6.03. The minimum Gasteiger partial charge on any atom is -0.496 e. The number of anilines is 1. The Morgan fingerprint density at radius 2 is 1.75 bits per heavy atom. The molecule has 0 aliphatic carbocycles. The van der Waals surface area contributed by atoms with E-state index in [-0.39, 0.29) is 5.56 Å². The summed E-state index contributed by atoms with van der Waals surface area (Å²) in [5, 5.41) is 3.02. The smallest absolute Gasteiger partial charge is 0.342 e. The van der Waals surface area contributed by atoms with Crippen LogP contribution in [0.5, 0.6) is 11.5 Å². The maximum atomic E-state index is 12.0. The molecular formula is C17H16ClNO5. The van der Waals surface area contributed by atoms with Gasteiger partial charge >= 0.3 is 5.97 Å². The molecule has 126 valence electrons. The van der Waals surface area contributed by atoms with Crippen molar-refractivity contribution in [3.63, 3.8) is 0 Å². The summed E-state index contributed by atoms with van der Waals surface area (Å²) in [7, 11) is 2.92. The first-order valence-electron chi connectivity index (χ1n) is 6.98. The minimum atomic E-state index is -0.652. The lowest BCUT2D eigenvalue weighted by molar-refractivity contribution is -0.119. The number of hydrogen-bond acceptors (Lipinski definition) is 5. The van der Waals surface area contributed by atoms with Crippen LogP contribution >= 0.6 is 11.6 Å². The van der Waals surface area contributed by atoms with Crippen LogP contribution in [0.1, 0.15) is 10.4 Å². The molecular weight excluding hydrogens is 334 g/mol. The summed E-state index contributed by atoms with van der Waals surface area (Å²) in [6.45, 7) is -0.452. The molecule has 2 rings (SSSR count). The Morgan fingerprint density at radius 3 is 2.46 bits per heavy atom. The fraction of sp³-hybridized carbons (Fsp3) is 0.176. The van der Waals surface area contributed by atoms with Gasteiger partial charge in [-0.2, -0.15) is 0 Å². The maximum Gasteiger partial charge on any atom is 0.342 e. The number of rotatable bonds is 6. The van der Waals surface area contributed by atoms with Gasteiger partial charge in [0.25, 0.3) is 5.91 Å². The number of carbonyl (C=O) groups excluding carboxylic acids is 2. The molecule has 1 N–H and O–H groups in total. The van der Waals surface area contributed by atoms with Crippen molar-refractivity contribution in [3.05, 3.63) is 53.1 Å². The van der Waals surface area contributed by atoms with Crippen molar-refractivity contribution in [2.75, 3.05) is 26.1 Å². The highest BCUT2D eigenvalue weighted by Crippen LogP contribution is 2.27. The SMILES string of the molecule is COc1ccc(Cl)cc1NC(=O)COC(=O)c1ccccc1OC. The van der Waals surface area contributed by atoms with Crippen LogP contribution in [0.2, 0.25) is 5.02 Å². The molecule has 0 spiro atoms. The minimum absolute atomic E-state index is 0.244. The average molecular weight is 350 g/mol. The van der Waals surface area contributed by atoms with Crippen molar-refractivity contribution in [3.8, 4) is 11.5 Å². The quantitative estimate of drug-likeness (QED) is 0.811. The Morgan fingerprint density at radius 1 is 1.04 bits per heavy atom. The fourth-order valence-electron chi connectivity index (χ4n) is 1.99. The third-order valence-electron chi connectivity index (χ3n) is 3.10. The van der Waals surface area contributed by atoms with E-state index in [9.17, 15) is 9.59 Å². The van der Waals surface area contributed by atoms with Gasteiger partial charge in [-0.15, -0.1) is 0 Å². The molecule has 0 heterocycles. The zero-order valence-corrected chi connectivity index (χ0v) is 13.9. The van der Waals surface area contributed by atoms with Gasteiger partial charge in [-0.3, -0.25) is 4.79 Å². The van der Waals surface area contributed by atoms with Crippen LogP contribution in [-0.4, -0.2) is 32.7 Å². The van der Waals surface area contributed by atoms with Crippen molar-refractivity contribution in [1.29, 1.82) is 0 Å². The second-order valence-corrected chi connectivity index (χ2v) is 5.11. The number of ether oxygens (including phenoxy) is 3. The van der Waals surface area contributed by atoms with E-state index in [4.69, 9.17) is 25.8 Å². The number of methoxy groups -OCH3 is 2. The van der Waals surface area contributed by atoms with Gasteiger partial charge in [0, 0.05) is 5.02 Å². The van der Waals surface area contributed by atoms with E-state index in [0.29, 0.717) is 22.2 Å². The van der Waals surface area contributed by atoms with Gasteiger partial charge in [0.2, 0.25) is 0 Å². The summed E-state index contributed by atoms with van der Waals surface area (Å²) in [6, 6.07) is 11.4. The van der Waals surface area contributed by atoms with Gasteiger partial charge in [0.15, 0.2) is 6.61 Å². The second-order valence-electron chi connectivity index (χ2n) is 4.67. The molecule has 0 saturated heterocycles. The van der Waals surface area contributed by atoms with Crippen molar-refractivity contribution >= 4 is 29.2 Å². The summed E-state index contributed by atoms with van der Waals surface area (Å²) in [5.74, 6) is -0.345. The van der Waals surface area contributed by atoms with Crippen molar-refractivity contribution in [1.82, 2.24) is 0 Å². The first kappa shape index (κ1) is 17.6. The Labute approximate surface area is 144 Å². The van der Waals surface area contributed by atoms with E-state index in [2.05, 4.69) is 5.32 Å². The van der Waals surface area contributed by atoms with E-state index < -0.39 is 18.5 Å². The van der Waals surface area contributed by atoms with Gasteiger partial charge < -0.3 is 19.5 Å². The average Bonchev–Trinajstić information content (AvgIpc) is 2.59. The zero-order chi connectivity index (χ0) is 17.5. The Hall–Kier alpha value is -2.73. The van der Waals surface area contributed by atoms with E-state index >= 15 is 0 Å². The number of esters is 1. The third kappa shape index (κ3) is 4.39. The summed E-state index contributed by atoms with van der Waals surface area (Å²) in [6.07, 6.45) is 0. The van der Waals surface area contributed by atoms with Crippen molar-refractivity contribution in [2.45, 2.75) is 0 Å². The highest BCUT2D eigenvalue weighted by Gasteiger charge is 2.15. The topological polar surface area (TPSA) is 73.9 Å². The molecule has 1 amide bonds. The highest BCUT2D eigenvalue weighted by molar-refractivity contribution is 6.31. The molecule has 0 aromatic heterocycles. The lowest BCUT2D eigenvalue weighted by atomic mass is 10.2. The molecule has 24 heavy (non-hydrogen) atoms. The molecule has 0 atom stereocenters. The third-order valence-corrected chi connectivity index (χ3v) is 3.33. The van der Waals surface area contributed by atoms with Gasteiger partial charge in [0.05, 0.1) is 19.9 Å². The molecule has 0 radical (unpaired) electrons. The van der Waals surface area contributed by atoms with E-state index in [1.54, 1.807) is 42.5 Å². The molecule has 0 fully saturated rings. The number of carbonyl (C=O) groups is 2. The summed E-state index contributed by atoms with van der Waals surface area (Å²) in [5.41, 5.74) is 0.636. The van der Waals surface area contributed by atoms with E-state index in [0.717, 1.165) is 0 Å². The largest absolute Gasteiger partial charge is 0.496 e. The molecule has 0 aliphatic rings. The van der Waals surface area contributed by atoms with Crippen LogP contribution in [-0.2, 0) is 9.53 Å². The number of nitrogens with one attached hydrogen (secondary N) is 1. The molecule has 2 aromatic carbocycles. The summed E-state index contributed by atoms with van der Waals surface area (Å²) in [4.78, 5) is 24.0. The highest BCUT2D eigenvalue weighted by atomic mass is 35.5. The van der Waals surface area contributed by atoms with Crippen LogP contribution in [0.15, 0.2) is 42.5 Å². The molecule has 0 unspecified atom stereocenters. The van der Waals surface area contributed by atoms with Crippen LogP contribution in [0.25, 0.3) is 0 Å². The summed E-state index contributed by atoms with van der Waals surface area (Å²) >= 11 is 5.89. The number of benzene rings is 2. The number of para-hydroxylation sites is 1. The number of amides is 1. The monoisotopic (exact) mass is 349 g/mol. The predicted octanol–water partition coefficient (Wildman–Crippen LogP) is 3.15. The van der Waals surface area contributed by atoms with Gasteiger partial charge in [-0.05, 0) is 30.3 Å². The normalized spacial score (nSPS) is 9.96. The van der Waals surface area contributed by atoms with Crippen molar-refractivity contribution < 1.29 is 23.8 Å².